The summed E-state index contributed by atoms with van der Waals surface area (Å²) in [6.07, 6.45) is -5.51. The Kier molecular flexibility index (Phi) is 9.16. The van der Waals surface area contributed by atoms with Crippen molar-refractivity contribution in [3.8, 4) is 0 Å². The molecule has 2 aromatic rings. The fraction of sp³-hybridized carbons (Fsp3) is 0.294. The highest BCUT2D eigenvalue weighted by atomic mass is 35.5. The zero-order chi connectivity index (χ0) is 27.3. The molecule has 1 amide bonds. The highest BCUT2D eigenvalue weighted by Crippen LogP contribution is 2.27. The maximum atomic E-state index is 12.8. The van der Waals surface area contributed by atoms with Crippen LogP contribution in [0.15, 0.2) is 38.4 Å². The molecule has 0 aliphatic heterocycles. The van der Waals surface area contributed by atoms with E-state index in [2.05, 4.69) is 20.1 Å². The number of carbonyl (C=O) groups excluding carboxylic acids is 2. The van der Waals surface area contributed by atoms with Crippen LogP contribution in [-0.2, 0) is 24.4 Å². The number of oxime groups is 1. The minimum absolute atomic E-state index is 0.116. The van der Waals surface area contributed by atoms with Gasteiger partial charge in [-0.2, -0.15) is 13.2 Å². The van der Waals surface area contributed by atoms with Gasteiger partial charge in [0.25, 0.3) is 10.0 Å². The Balaban J connectivity index is 2.38. The van der Waals surface area contributed by atoms with Crippen molar-refractivity contribution in [2.75, 3.05) is 17.9 Å². The summed E-state index contributed by atoms with van der Waals surface area (Å²) in [4.78, 5) is 45.6. The number of pyridine rings is 1. The Morgan fingerprint density at radius 1 is 1.25 bits per heavy atom. The summed E-state index contributed by atoms with van der Waals surface area (Å²) >= 11 is 6.36. The molecular formula is C17H18ClF3N6O7S2. The van der Waals surface area contributed by atoms with Gasteiger partial charge in [-0.25, -0.2) is 13.2 Å². The Morgan fingerprint density at radius 3 is 2.47 bits per heavy atom. The number of rotatable bonds is 10. The summed E-state index contributed by atoms with van der Waals surface area (Å²) in [6.45, 7) is 0.865. The number of guanidine groups is 1. The summed E-state index contributed by atoms with van der Waals surface area (Å²) in [5.41, 5.74) is 7.36. The predicted octanol–water partition coefficient (Wildman–Crippen LogP) is 0.306. The van der Waals surface area contributed by atoms with Crippen LogP contribution >= 0.6 is 22.9 Å². The molecule has 0 radical (unpaired) electrons. The molecule has 198 valence electrons. The highest BCUT2D eigenvalue weighted by molar-refractivity contribution is 7.94. The second-order valence-electron chi connectivity index (χ2n) is 6.67. The van der Waals surface area contributed by atoms with Crippen molar-refractivity contribution < 1.29 is 40.9 Å². The van der Waals surface area contributed by atoms with Crippen LogP contribution in [0.1, 0.15) is 18.5 Å². The Hall–Kier alpha value is -3.51. The zero-order valence-electron chi connectivity index (χ0n) is 18.0. The summed E-state index contributed by atoms with van der Waals surface area (Å²) in [7, 11) is -4.38. The number of carbonyl (C=O) groups is 2. The molecule has 2 aromatic heterocycles. The van der Waals surface area contributed by atoms with Gasteiger partial charge in [-0.3, -0.25) is 14.3 Å². The lowest BCUT2D eigenvalue weighted by Crippen LogP contribution is -2.42. The lowest BCUT2D eigenvalue weighted by atomic mass is 10.1. The zero-order valence-corrected chi connectivity index (χ0v) is 20.4. The molecule has 0 spiro atoms. The van der Waals surface area contributed by atoms with Crippen molar-refractivity contribution in [1.82, 2.24) is 10.0 Å². The normalized spacial score (nSPS) is 12.4. The maximum Gasteiger partial charge on any atom is 0.493 e. The van der Waals surface area contributed by atoms with E-state index in [9.17, 15) is 36.0 Å². The van der Waals surface area contributed by atoms with Crippen LogP contribution in [0.4, 0.5) is 18.9 Å². The number of hydrogen-bond acceptors (Lipinski definition) is 9. The molecule has 0 bridgehead atoms. The fourth-order valence-corrected chi connectivity index (χ4v) is 4.97. The largest absolute Gasteiger partial charge is 0.493 e. The quantitative estimate of drug-likeness (QED) is 0.133. The first-order valence-corrected chi connectivity index (χ1v) is 12.1. The number of aromatic nitrogens is 1. The molecule has 2 rings (SSSR count). The van der Waals surface area contributed by atoms with Crippen LogP contribution in [0.5, 0.6) is 0 Å². The van der Waals surface area contributed by atoms with E-state index in [4.69, 9.17) is 23.1 Å². The summed E-state index contributed by atoms with van der Waals surface area (Å²) in [5, 5.41) is 5.56. The third-order valence-corrected chi connectivity index (χ3v) is 7.12. The van der Waals surface area contributed by atoms with E-state index < -0.39 is 50.9 Å². The number of nitrogens with one attached hydrogen (secondary N) is 2. The molecule has 0 aliphatic rings. The van der Waals surface area contributed by atoms with Crippen LogP contribution in [0, 0.1) is 0 Å². The molecule has 13 nitrogen and oxygen atoms in total. The average molecular weight is 575 g/mol. The molecule has 0 aliphatic carbocycles. The minimum Gasteiger partial charge on any atom is -0.391 e. The van der Waals surface area contributed by atoms with E-state index in [0.717, 1.165) is 18.2 Å². The molecule has 0 saturated carbocycles. The Morgan fingerprint density at radius 2 is 1.92 bits per heavy atom. The standard InChI is InChI=1S/C17H18ClF3N6O7S2/c1-8(13(28)24-6-7-33-25-16(22)23)10-3-2-9(14(29)27(10)34-15(30)17(19,20)21)26-36(31,32)12-5-4-11(18)35-12/h2-5,8,26H,6-7H2,1H3,(H,24,28)(H4,22,23,25). The molecule has 36 heavy (non-hydrogen) atoms. The molecule has 6 N–H and O–H groups in total. The van der Waals surface area contributed by atoms with Gasteiger partial charge in [-0.15, -0.1) is 16.1 Å². The van der Waals surface area contributed by atoms with Gasteiger partial charge in [0.1, 0.15) is 16.5 Å². The van der Waals surface area contributed by atoms with Crippen LogP contribution < -0.4 is 31.9 Å². The van der Waals surface area contributed by atoms with E-state index in [0.29, 0.717) is 11.3 Å². The lowest BCUT2D eigenvalue weighted by molar-refractivity contribution is -0.200. The molecule has 0 fully saturated rings. The monoisotopic (exact) mass is 574 g/mol. The second-order valence-corrected chi connectivity index (χ2v) is 10.3. The lowest BCUT2D eigenvalue weighted by Gasteiger charge is -2.19. The van der Waals surface area contributed by atoms with Gasteiger partial charge in [-0.1, -0.05) is 11.6 Å². The first-order chi connectivity index (χ1) is 16.6. The third kappa shape index (κ3) is 7.49. The van der Waals surface area contributed by atoms with E-state index in [1.54, 1.807) is 0 Å². The number of thiophene rings is 1. The molecule has 2 heterocycles. The van der Waals surface area contributed by atoms with E-state index in [1.165, 1.54) is 13.0 Å². The second kappa shape index (κ2) is 11.5. The number of halogens is 4. The smallest absolute Gasteiger partial charge is 0.391 e. The number of alkyl halides is 3. The van der Waals surface area contributed by atoms with Gasteiger partial charge in [0.05, 0.1) is 22.5 Å². The predicted molar refractivity (Wildman–Crippen MR) is 122 cm³/mol. The number of nitrogens with two attached hydrogens (primary N) is 2. The minimum atomic E-state index is -5.51. The number of nitrogens with zero attached hydrogens (tertiary/aromatic N) is 2. The molecule has 0 saturated heterocycles. The number of sulfonamides is 1. The summed E-state index contributed by atoms with van der Waals surface area (Å²) < 4.78 is 65.0. The van der Waals surface area contributed by atoms with Crippen LogP contribution in [-0.4, -0.2) is 50.3 Å². The van der Waals surface area contributed by atoms with Crippen molar-refractivity contribution in [1.29, 1.82) is 0 Å². The number of amides is 1. The fourth-order valence-electron chi connectivity index (χ4n) is 2.43. The Labute approximate surface area is 209 Å². The van der Waals surface area contributed by atoms with Crippen molar-refractivity contribution in [2.24, 2.45) is 16.6 Å². The Bertz CT molecular complexity index is 1320. The first kappa shape index (κ1) is 28.7. The molecule has 19 heteroatoms. The van der Waals surface area contributed by atoms with Gasteiger partial charge in [-0.05, 0) is 36.3 Å². The number of anilines is 1. The highest BCUT2D eigenvalue weighted by Gasteiger charge is 2.43. The summed E-state index contributed by atoms with van der Waals surface area (Å²) in [6, 6.07) is 4.24. The van der Waals surface area contributed by atoms with Gasteiger partial charge in [0.2, 0.25) is 11.9 Å². The SMILES string of the molecule is CC(C(=O)NCCON=C(N)N)c1ccc(NS(=O)(=O)c2ccc(Cl)s2)c(=O)n1OC(=O)C(F)(F)F. The van der Waals surface area contributed by atoms with E-state index >= 15 is 0 Å². The molecule has 1 atom stereocenters. The first-order valence-electron chi connectivity index (χ1n) is 9.45. The molecule has 0 aromatic carbocycles. The summed E-state index contributed by atoms with van der Waals surface area (Å²) in [5.74, 6) is -5.33. The third-order valence-electron chi connectivity index (χ3n) is 4.03. The maximum absolute atomic E-state index is 12.8. The van der Waals surface area contributed by atoms with Gasteiger partial charge in [0.15, 0.2) is 0 Å². The molecular weight excluding hydrogens is 557 g/mol. The van der Waals surface area contributed by atoms with Gasteiger partial charge < -0.3 is 26.5 Å². The van der Waals surface area contributed by atoms with E-state index in [-0.39, 0.29) is 32.4 Å². The van der Waals surface area contributed by atoms with Crippen molar-refractivity contribution in [3.05, 3.63) is 44.6 Å². The van der Waals surface area contributed by atoms with E-state index in [1.807, 2.05) is 4.72 Å². The van der Waals surface area contributed by atoms with Crippen LogP contribution in [0.25, 0.3) is 0 Å². The van der Waals surface area contributed by atoms with Gasteiger partial charge >= 0.3 is 17.7 Å². The average Bonchev–Trinajstić information content (AvgIpc) is 3.22. The van der Waals surface area contributed by atoms with Crippen molar-refractivity contribution >= 4 is 56.5 Å². The van der Waals surface area contributed by atoms with Crippen molar-refractivity contribution in [3.63, 3.8) is 0 Å². The van der Waals surface area contributed by atoms with Crippen LogP contribution in [0.2, 0.25) is 4.34 Å². The number of hydrogen-bond donors (Lipinski definition) is 4. The van der Waals surface area contributed by atoms with Crippen molar-refractivity contribution in [2.45, 2.75) is 23.2 Å². The van der Waals surface area contributed by atoms with Gasteiger partial charge in [0, 0.05) is 0 Å². The molecule has 1 unspecified atom stereocenters. The van der Waals surface area contributed by atoms with Crippen LogP contribution in [0.3, 0.4) is 0 Å². The topological polar surface area (TPSA) is 197 Å².